The molecule has 142 valence electrons. The van der Waals surface area contributed by atoms with E-state index >= 15 is 0 Å². The topological polar surface area (TPSA) is 65.5 Å². The number of guanidine groups is 1. The molecule has 0 aliphatic heterocycles. The van der Waals surface area contributed by atoms with Crippen molar-refractivity contribution in [3.63, 3.8) is 0 Å². The number of hydrogen-bond donors (Lipinski definition) is 3. The van der Waals surface area contributed by atoms with E-state index in [0.717, 1.165) is 12.0 Å². The Morgan fingerprint density at radius 3 is 2.48 bits per heavy atom. The minimum absolute atomic E-state index is 0. The number of hydrogen-bond acceptors (Lipinski definition) is 2. The van der Waals surface area contributed by atoms with Crippen LogP contribution in [0.4, 0.5) is 0 Å². The Labute approximate surface area is 177 Å². The average molecular weight is 501 g/mol. The number of carbonyl (C=O) groups excluding carboxylic acids is 1. The summed E-state index contributed by atoms with van der Waals surface area (Å²) in [5, 5.41) is 10.5. The highest BCUT2D eigenvalue weighted by Gasteiger charge is 2.12. The smallest absolute Gasteiger partial charge is 0.221 e. The molecule has 0 heterocycles. The van der Waals surface area contributed by atoms with Gasteiger partial charge in [0.25, 0.3) is 0 Å². The number of aliphatic imine (C=N–C) groups is 1. The molecule has 8 heteroatoms. The van der Waals surface area contributed by atoms with Crippen LogP contribution >= 0.6 is 47.2 Å². The summed E-state index contributed by atoms with van der Waals surface area (Å²) in [6.45, 7) is 6.52. The first-order valence-electron chi connectivity index (χ1n) is 8.08. The first-order chi connectivity index (χ1) is 11.4. The van der Waals surface area contributed by atoms with Gasteiger partial charge < -0.3 is 16.0 Å². The Morgan fingerprint density at radius 1 is 1.24 bits per heavy atom. The number of nitrogens with one attached hydrogen (secondary N) is 3. The minimum atomic E-state index is -0.0464. The Hall–Kier alpha value is -0.730. The standard InChI is InChI=1S/C17H26Cl2N4O.HI/c1-5-11(2)22-16(24)8-9-21-17(20-4)23-12(3)14-7-6-13(18)10-15(14)19;/h6-7,10-12H,5,8-9H2,1-4H3,(H,22,24)(H2,20,21,23);1H. The van der Waals surface area contributed by atoms with Gasteiger partial charge in [0.15, 0.2) is 5.96 Å². The van der Waals surface area contributed by atoms with Gasteiger partial charge in [-0.25, -0.2) is 0 Å². The minimum Gasteiger partial charge on any atom is -0.356 e. The van der Waals surface area contributed by atoms with Crippen LogP contribution in [0.2, 0.25) is 10.0 Å². The van der Waals surface area contributed by atoms with Crippen LogP contribution in [0.25, 0.3) is 0 Å². The maximum absolute atomic E-state index is 11.8. The molecule has 0 spiro atoms. The zero-order chi connectivity index (χ0) is 18.1. The third kappa shape index (κ3) is 8.96. The van der Waals surface area contributed by atoms with Crippen molar-refractivity contribution in [2.45, 2.75) is 45.7 Å². The molecule has 0 saturated heterocycles. The van der Waals surface area contributed by atoms with Crippen molar-refractivity contribution < 1.29 is 4.79 Å². The molecule has 0 radical (unpaired) electrons. The molecule has 0 aromatic heterocycles. The summed E-state index contributed by atoms with van der Waals surface area (Å²) in [7, 11) is 1.69. The summed E-state index contributed by atoms with van der Waals surface area (Å²) in [5.74, 6) is 0.644. The van der Waals surface area contributed by atoms with Gasteiger partial charge in [0.2, 0.25) is 5.91 Å². The summed E-state index contributed by atoms with van der Waals surface area (Å²) in [6, 6.07) is 5.55. The van der Waals surface area contributed by atoms with Gasteiger partial charge in [0.1, 0.15) is 0 Å². The number of carbonyl (C=O) groups is 1. The third-order valence-electron chi connectivity index (χ3n) is 3.67. The van der Waals surface area contributed by atoms with Gasteiger partial charge in [0.05, 0.1) is 6.04 Å². The van der Waals surface area contributed by atoms with Crippen molar-refractivity contribution in [2.24, 2.45) is 4.99 Å². The fourth-order valence-electron chi connectivity index (χ4n) is 2.07. The molecule has 1 amide bonds. The van der Waals surface area contributed by atoms with Crippen molar-refractivity contribution in [3.05, 3.63) is 33.8 Å². The van der Waals surface area contributed by atoms with Crippen LogP contribution in [0.5, 0.6) is 0 Å². The van der Waals surface area contributed by atoms with Crippen molar-refractivity contribution in [2.75, 3.05) is 13.6 Å². The van der Waals surface area contributed by atoms with Crippen LogP contribution < -0.4 is 16.0 Å². The molecule has 2 atom stereocenters. The van der Waals surface area contributed by atoms with Crippen molar-refractivity contribution in [3.8, 4) is 0 Å². The van der Waals surface area contributed by atoms with E-state index in [1.807, 2.05) is 26.8 Å². The highest BCUT2D eigenvalue weighted by atomic mass is 127. The zero-order valence-corrected chi connectivity index (χ0v) is 18.9. The van der Waals surface area contributed by atoms with E-state index in [0.29, 0.717) is 29.0 Å². The molecule has 3 N–H and O–H groups in total. The predicted octanol–water partition coefficient (Wildman–Crippen LogP) is 4.14. The third-order valence-corrected chi connectivity index (χ3v) is 4.23. The molecule has 0 bridgehead atoms. The van der Waals surface area contributed by atoms with Gasteiger partial charge in [-0.15, -0.1) is 24.0 Å². The highest BCUT2D eigenvalue weighted by Crippen LogP contribution is 2.25. The lowest BCUT2D eigenvalue weighted by atomic mass is 10.1. The van der Waals surface area contributed by atoms with E-state index in [9.17, 15) is 4.79 Å². The molecule has 2 unspecified atom stereocenters. The summed E-state index contributed by atoms with van der Waals surface area (Å²) < 4.78 is 0. The summed E-state index contributed by atoms with van der Waals surface area (Å²) in [6.07, 6.45) is 1.31. The van der Waals surface area contributed by atoms with Gasteiger partial charge in [0, 0.05) is 36.1 Å². The lowest BCUT2D eigenvalue weighted by Gasteiger charge is -2.19. The number of halogens is 3. The SMILES string of the molecule is CCC(C)NC(=O)CCNC(=NC)NC(C)c1ccc(Cl)cc1Cl.I. The van der Waals surface area contributed by atoms with Crippen molar-refractivity contribution in [1.82, 2.24) is 16.0 Å². The van der Waals surface area contributed by atoms with Crippen LogP contribution in [0.15, 0.2) is 23.2 Å². The molecule has 0 fully saturated rings. The van der Waals surface area contributed by atoms with Gasteiger partial charge in [-0.3, -0.25) is 9.79 Å². The molecule has 1 aromatic carbocycles. The summed E-state index contributed by atoms with van der Waals surface area (Å²) in [5.41, 5.74) is 0.929. The quantitative estimate of drug-likeness (QED) is 0.299. The van der Waals surface area contributed by atoms with Crippen molar-refractivity contribution >= 4 is 59.0 Å². The maximum atomic E-state index is 11.8. The second-order valence-corrected chi connectivity index (χ2v) is 6.50. The van der Waals surface area contributed by atoms with E-state index in [1.165, 1.54) is 0 Å². The largest absolute Gasteiger partial charge is 0.356 e. The lowest BCUT2D eigenvalue weighted by Crippen LogP contribution is -2.41. The van der Waals surface area contributed by atoms with E-state index in [-0.39, 0.29) is 42.0 Å². The summed E-state index contributed by atoms with van der Waals surface area (Å²) >= 11 is 12.1. The molecular formula is C17H27Cl2IN4O. The Morgan fingerprint density at radius 2 is 1.92 bits per heavy atom. The lowest BCUT2D eigenvalue weighted by molar-refractivity contribution is -0.121. The fourth-order valence-corrected chi connectivity index (χ4v) is 2.65. The van der Waals surface area contributed by atoms with Gasteiger partial charge in [-0.05, 0) is 38.0 Å². The van der Waals surface area contributed by atoms with Crippen LogP contribution in [-0.4, -0.2) is 31.5 Å². The van der Waals surface area contributed by atoms with Gasteiger partial charge >= 0.3 is 0 Å². The highest BCUT2D eigenvalue weighted by molar-refractivity contribution is 14.0. The first kappa shape index (κ1) is 24.3. The van der Waals surface area contributed by atoms with E-state index < -0.39 is 0 Å². The normalized spacial score (nSPS) is 13.4. The van der Waals surface area contributed by atoms with Crippen molar-refractivity contribution in [1.29, 1.82) is 0 Å². The predicted molar refractivity (Wildman–Crippen MR) is 117 cm³/mol. The monoisotopic (exact) mass is 500 g/mol. The first-order valence-corrected chi connectivity index (χ1v) is 8.84. The molecule has 1 aromatic rings. The average Bonchev–Trinajstić information content (AvgIpc) is 2.53. The number of benzene rings is 1. The summed E-state index contributed by atoms with van der Waals surface area (Å²) in [4.78, 5) is 15.9. The van der Waals surface area contributed by atoms with Crippen LogP contribution in [0.1, 0.15) is 45.2 Å². The number of nitrogens with zero attached hydrogens (tertiary/aromatic N) is 1. The molecule has 0 saturated carbocycles. The van der Waals surface area contributed by atoms with E-state index in [1.54, 1.807) is 19.2 Å². The molecule has 0 aliphatic carbocycles. The number of rotatable bonds is 7. The molecule has 25 heavy (non-hydrogen) atoms. The zero-order valence-electron chi connectivity index (χ0n) is 15.0. The Kier molecular flexibility index (Phi) is 12.2. The number of amides is 1. The second kappa shape index (κ2) is 12.6. The van der Waals surface area contributed by atoms with Crippen LogP contribution in [0, 0.1) is 0 Å². The van der Waals surface area contributed by atoms with E-state index in [2.05, 4.69) is 20.9 Å². The Bertz CT molecular complexity index is 584. The fraction of sp³-hybridized carbons (Fsp3) is 0.529. The van der Waals surface area contributed by atoms with Gasteiger partial charge in [-0.1, -0.05) is 36.2 Å². The Balaban J connectivity index is 0.00000576. The molecule has 5 nitrogen and oxygen atoms in total. The van der Waals surface area contributed by atoms with Gasteiger partial charge in [-0.2, -0.15) is 0 Å². The van der Waals surface area contributed by atoms with Crippen LogP contribution in [0.3, 0.4) is 0 Å². The molecule has 0 aliphatic rings. The van der Waals surface area contributed by atoms with Crippen LogP contribution in [-0.2, 0) is 4.79 Å². The molecular weight excluding hydrogens is 474 g/mol. The second-order valence-electron chi connectivity index (χ2n) is 5.66. The molecule has 1 rings (SSSR count). The maximum Gasteiger partial charge on any atom is 0.221 e. The van der Waals surface area contributed by atoms with E-state index in [4.69, 9.17) is 23.2 Å².